The van der Waals surface area contributed by atoms with E-state index in [9.17, 15) is 0 Å². The van der Waals surface area contributed by atoms with Crippen LogP contribution in [-0.4, -0.2) is 33.9 Å². The van der Waals surface area contributed by atoms with Crippen molar-refractivity contribution in [2.45, 2.75) is 24.3 Å². The summed E-state index contributed by atoms with van der Waals surface area (Å²) in [5, 5.41) is 1.07. The highest BCUT2D eigenvalue weighted by Crippen LogP contribution is 2.36. The van der Waals surface area contributed by atoms with Crippen LogP contribution in [0.2, 0.25) is 10.0 Å². The van der Waals surface area contributed by atoms with Gasteiger partial charge in [-0.3, -0.25) is 4.57 Å². The first-order valence-corrected chi connectivity index (χ1v) is 12.8. The van der Waals surface area contributed by atoms with Gasteiger partial charge in [-0.05, 0) is 67.6 Å². The maximum atomic E-state index is 6.57. The lowest BCUT2D eigenvalue weighted by Crippen LogP contribution is -2.17. The van der Waals surface area contributed by atoms with Gasteiger partial charge in [0.05, 0.1) is 21.1 Å². The van der Waals surface area contributed by atoms with Crippen LogP contribution in [0.25, 0.3) is 28.2 Å². The third-order valence-corrected chi connectivity index (χ3v) is 6.98. The number of halogens is 2. The molecule has 34 heavy (non-hydrogen) atoms. The summed E-state index contributed by atoms with van der Waals surface area (Å²) in [7, 11) is 0. The van der Waals surface area contributed by atoms with Crippen LogP contribution in [0, 0.1) is 0 Å². The lowest BCUT2D eigenvalue weighted by atomic mass is 10.1. The number of aliphatic imine (C=N–C) groups is 1. The molecule has 0 saturated carbocycles. The average molecular weight is 508 g/mol. The third kappa shape index (κ3) is 4.48. The number of hydrogen-bond donors (Lipinski definition) is 0. The minimum absolute atomic E-state index is 0.283. The number of imidazole rings is 1. The van der Waals surface area contributed by atoms with Gasteiger partial charge >= 0.3 is 0 Å². The molecule has 1 aliphatic heterocycles. The summed E-state index contributed by atoms with van der Waals surface area (Å²) in [5.41, 5.74) is 4.29. The van der Waals surface area contributed by atoms with Crippen LogP contribution < -0.4 is 0 Å². The van der Waals surface area contributed by atoms with Crippen molar-refractivity contribution in [1.82, 2.24) is 9.55 Å². The molecule has 0 amide bonds. The molecule has 5 rings (SSSR count). The van der Waals surface area contributed by atoms with E-state index in [0.29, 0.717) is 39.6 Å². The van der Waals surface area contributed by atoms with Gasteiger partial charge in [0, 0.05) is 16.8 Å². The molecule has 172 valence electrons. The van der Waals surface area contributed by atoms with E-state index in [1.165, 1.54) is 10.5 Å². The van der Waals surface area contributed by atoms with Crippen molar-refractivity contribution in [3.05, 3.63) is 88.7 Å². The maximum Gasteiger partial charge on any atom is 0.237 e. The van der Waals surface area contributed by atoms with E-state index >= 15 is 0 Å². The molecule has 1 aromatic heterocycles. The SMILES string of the molecule is CSc1cccc(-c2ccc(-n3cc(C4=NC(C)(C)CO4)nc3-c3c(Cl)cccc3Cl)cc2)c1. The Hall–Kier alpha value is -2.73. The van der Waals surface area contributed by atoms with Crippen LogP contribution in [0.4, 0.5) is 0 Å². The first kappa shape index (κ1) is 23.0. The molecule has 1 aliphatic rings. The molecule has 0 atom stereocenters. The number of nitrogens with zero attached hydrogens (tertiary/aromatic N) is 3. The van der Waals surface area contributed by atoms with Gasteiger partial charge in [-0.1, -0.05) is 53.5 Å². The van der Waals surface area contributed by atoms with Gasteiger partial charge in [0.25, 0.3) is 0 Å². The monoisotopic (exact) mass is 507 g/mol. The predicted octanol–water partition coefficient (Wildman–Crippen LogP) is 7.79. The normalized spacial score (nSPS) is 14.7. The van der Waals surface area contributed by atoms with Gasteiger partial charge in [0.15, 0.2) is 0 Å². The fourth-order valence-electron chi connectivity index (χ4n) is 3.90. The molecular formula is C27H23Cl2N3OS. The highest BCUT2D eigenvalue weighted by atomic mass is 35.5. The third-order valence-electron chi connectivity index (χ3n) is 5.63. The van der Waals surface area contributed by atoms with Gasteiger partial charge in [-0.2, -0.15) is 0 Å². The molecule has 0 fully saturated rings. The van der Waals surface area contributed by atoms with Gasteiger partial charge in [0.1, 0.15) is 18.1 Å². The minimum atomic E-state index is -0.283. The summed E-state index contributed by atoms with van der Waals surface area (Å²) in [5.74, 6) is 1.16. The summed E-state index contributed by atoms with van der Waals surface area (Å²) < 4.78 is 7.85. The molecule has 0 bridgehead atoms. The Kier molecular flexibility index (Phi) is 6.19. The second-order valence-corrected chi connectivity index (χ2v) is 10.4. The zero-order valence-corrected chi connectivity index (χ0v) is 21.4. The quantitative estimate of drug-likeness (QED) is 0.258. The Balaban J connectivity index is 1.61. The maximum absolute atomic E-state index is 6.57. The molecule has 0 aliphatic carbocycles. The number of thioether (sulfide) groups is 1. The number of benzene rings is 3. The summed E-state index contributed by atoms with van der Waals surface area (Å²) in [4.78, 5) is 10.8. The van der Waals surface area contributed by atoms with Gasteiger partial charge < -0.3 is 4.74 Å². The van der Waals surface area contributed by atoms with Gasteiger partial charge in [-0.25, -0.2) is 9.98 Å². The van der Waals surface area contributed by atoms with Crippen LogP contribution in [0.5, 0.6) is 0 Å². The van der Waals surface area contributed by atoms with Crippen LogP contribution in [-0.2, 0) is 4.74 Å². The highest BCUT2D eigenvalue weighted by molar-refractivity contribution is 7.98. The number of rotatable bonds is 5. The number of ether oxygens (including phenoxy) is 1. The van der Waals surface area contributed by atoms with Gasteiger partial charge in [-0.15, -0.1) is 11.8 Å². The van der Waals surface area contributed by atoms with Crippen molar-refractivity contribution >= 4 is 40.9 Å². The van der Waals surface area contributed by atoms with Crippen molar-refractivity contribution in [3.8, 4) is 28.2 Å². The van der Waals surface area contributed by atoms with E-state index in [1.807, 2.05) is 42.8 Å². The molecule has 0 spiro atoms. The lowest BCUT2D eigenvalue weighted by molar-refractivity contribution is 0.279. The second-order valence-electron chi connectivity index (χ2n) is 8.71. The molecule has 0 N–H and O–H groups in total. The first-order valence-electron chi connectivity index (χ1n) is 10.9. The number of aromatic nitrogens is 2. The number of hydrogen-bond acceptors (Lipinski definition) is 4. The predicted molar refractivity (Wildman–Crippen MR) is 143 cm³/mol. The Morgan fingerprint density at radius 1 is 0.941 bits per heavy atom. The van der Waals surface area contributed by atoms with Crippen molar-refractivity contribution in [3.63, 3.8) is 0 Å². The Morgan fingerprint density at radius 3 is 2.29 bits per heavy atom. The second kappa shape index (κ2) is 9.14. The summed E-state index contributed by atoms with van der Waals surface area (Å²) >= 11 is 14.9. The fourth-order valence-corrected chi connectivity index (χ4v) is 4.93. The summed E-state index contributed by atoms with van der Waals surface area (Å²) in [6.07, 6.45) is 4.01. The van der Waals surface area contributed by atoms with Crippen LogP contribution in [0.15, 0.2) is 82.8 Å². The van der Waals surface area contributed by atoms with E-state index < -0.39 is 0 Å². The van der Waals surface area contributed by atoms with E-state index in [2.05, 4.69) is 54.8 Å². The molecule has 7 heteroatoms. The van der Waals surface area contributed by atoms with Crippen LogP contribution in [0.3, 0.4) is 0 Å². The zero-order chi connectivity index (χ0) is 23.9. The van der Waals surface area contributed by atoms with Gasteiger partial charge in [0.2, 0.25) is 5.90 Å². The molecule has 0 unspecified atom stereocenters. The zero-order valence-electron chi connectivity index (χ0n) is 19.0. The minimum Gasteiger partial charge on any atom is -0.474 e. The van der Waals surface area contributed by atoms with E-state index in [-0.39, 0.29) is 5.54 Å². The molecule has 0 radical (unpaired) electrons. The molecule has 3 aromatic carbocycles. The molecule has 4 nitrogen and oxygen atoms in total. The first-order chi connectivity index (χ1) is 16.3. The van der Waals surface area contributed by atoms with Crippen molar-refractivity contribution in [1.29, 1.82) is 0 Å². The molecule has 2 heterocycles. The standard InChI is InChI=1S/C27H23Cl2N3OS/c1-27(2)16-33-26(31-27)23-15-32(25(30-23)24-21(28)8-5-9-22(24)29)19-12-10-17(11-13-19)18-6-4-7-20(14-18)34-3/h4-15H,16H2,1-3H3. The van der Waals surface area contributed by atoms with E-state index in [4.69, 9.17) is 37.9 Å². The lowest BCUT2D eigenvalue weighted by Gasteiger charge is -2.11. The Morgan fingerprint density at radius 2 is 1.65 bits per heavy atom. The average Bonchev–Trinajstić information content (AvgIpc) is 3.42. The van der Waals surface area contributed by atoms with Crippen LogP contribution >= 0.6 is 35.0 Å². The molecule has 4 aromatic rings. The Bertz CT molecular complexity index is 1370. The van der Waals surface area contributed by atoms with E-state index in [0.717, 1.165) is 11.3 Å². The van der Waals surface area contributed by atoms with E-state index in [1.54, 1.807) is 11.8 Å². The van der Waals surface area contributed by atoms with Crippen LogP contribution in [0.1, 0.15) is 19.5 Å². The smallest absolute Gasteiger partial charge is 0.237 e. The fraction of sp³-hybridized carbons (Fsp3) is 0.185. The molecular weight excluding hydrogens is 485 g/mol. The highest BCUT2D eigenvalue weighted by Gasteiger charge is 2.29. The van der Waals surface area contributed by atoms with Crippen molar-refractivity contribution < 1.29 is 4.74 Å². The summed E-state index contributed by atoms with van der Waals surface area (Å²) in [6, 6.07) is 22.3. The molecule has 0 saturated heterocycles. The topological polar surface area (TPSA) is 39.4 Å². The van der Waals surface area contributed by atoms with Crippen molar-refractivity contribution in [2.75, 3.05) is 12.9 Å². The Labute approximate surface area is 213 Å². The van der Waals surface area contributed by atoms with Crippen molar-refractivity contribution in [2.24, 2.45) is 4.99 Å². The largest absolute Gasteiger partial charge is 0.474 e. The summed E-state index contributed by atoms with van der Waals surface area (Å²) in [6.45, 7) is 4.59.